The molecule has 6 rings (SSSR count). The Morgan fingerprint density at radius 2 is 1.80 bits per heavy atom. The number of fused-ring (bicyclic) bond motifs is 1. The number of rotatable bonds is 8. The summed E-state index contributed by atoms with van der Waals surface area (Å²) in [5.74, 6) is 0.746. The van der Waals surface area contributed by atoms with Gasteiger partial charge >= 0.3 is 0 Å². The predicted molar refractivity (Wildman–Crippen MR) is 155 cm³/mol. The normalized spacial score (nSPS) is 17.4. The third kappa shape index (κ3) is 5.75. The first-order valence-corrected chi connectivity index (χ1v) is 13.5. The molecule has 2 aliphatic heterocycles. The van der Waals surface area contributed by atoms with Gasteiger partial charge in [0.25, 0.3) is 0 Å². The Morgan fingerprint density at radius 1 is 0.975 bits per heavy atom. The zero-order chi connectivity index (χ0) is 27.3. The lowest BCUT2D eigenvalue weighted by Crippen LogP contribution is -2.36. The Balaban J connectivity index is 1.31. The van der Waals surface area contributed by atoms with Crippen molar-refractivity contribution in [2.24, 2.45) is 0 Å². The average Bonchev–Trinajstić information content (AvgIpc) is 3.43. The molecule has 11 heteroatoms. The molecule has 0 spiro atoms. The first-order chi connectivity index (χ1) is 19.7. The van der Waals surface area contributed by atoms with Crippen LogP contribution in [0.25, 0.3) is 11.0 Å². The fraction of sp³-hybridized carbons (Fsp3) is 0.310. The Hall–Kier alpha value is -4.48. The van der Waals surface area contributed by atoms with E-state index < -0.39 is 0 Å². The molecule has 2 aromatic carbocycles. The lowest BCUT2D eigenvalue weighted by molar-refractivity contribution is -0.111. The molecule has 1 amide bonds. The number of hydrogen-bond donors (Lipinski definition) is 3. The Kier molecular flexibility index (Phi) is 7.56. The molecule has 0 radical (unpaired) electrons. The first-order valence-electron chi connectivity index (χ1n) is 13.5. The van der Waals surface area contributed by atoms with E-state index in [0.29, 0.717) is 29.7 Å². The van der Waals surface area contributed by atoms with Gasteiger partial charge in [-0.2, -0.15) is 15.1 Å². The molecule has 11 nitrogen and oxygen atoms in total. The number of hydrogen-bond acceptors (Lipinski definition) is 9. The molecular weight excluding hydrogens is 508 g/mol. The van der Waals surface area contributed by atoms with E-state index >= 15 is 0 Å². The van der Waals surface area contributed by atoms with Gasteiger partial charge in [0, 0.05) is 42.4 Å². The van der Waals surface area contributed by atoms with E-state index in [1.54, 1.807) is 6.20 Å². The van der Waals surface area contributed by atoms with Gasteiger partial charge in [-0.05, 0) is 67.8 Å². The largest absolute Gasteiger partial charge is 0.378 e. The van der Waals surface area contributed by atoms with Gasteiger partial charge in [-0.1, -0.05) is 12.6 Å². The van der Waals surface area contributed by atoms with Crippen molar-refractivity contribution in [2.45, 2.75) is 25.5 Å². The molecule has 1 unspecified atom stereocenters. The Bertz CT molecular complexity index is 1490. The van der Waals surface area contributed by atoms with Crippen LogP contribution >= 0.6 is 0 Å². The van der Waals surface area contributed by atoms with Crippen molar-refractivity contribution in [2.75, 3.05) is 53.8 Å². The second-order valence-corrected chi connectivity index (χ2v) is 9.71. The van der Waals surface area contributed by atoms with Crippen LogP contribution in [0.4, 0.5) is 34.5 Å². The zero-order valence-electron chi connectivity index (χ0n) is 22.2. The highest BCUT2D eigenvalue weighted by Crippen LogP contribution is 2.31. The van der Waals surface area contributed by atoms with Crippen LogP contribution in [0.2, 0.25) is 0 Å². The van der Waals surface area contributed by atoms with Gasteiger partial charge in [0.2, 0.25) is 11.9 Å². The molecule has 2 aliphatic rings. The van der Waals surface area contributed by atoms with Crippen LogP contribution in [0.1, 0.15) is 25.5 Å². The van der Waals surface area contributed by atoms with Crippen LogP contribution in [0.15, 0.2) is 67.4 Å². The van der Waals surface area contributed by atoms with Gasteiger partial charge in [0.05, 0.1) is 24.8 Å². The van der Waals surface area contributed by atoms with Crippen LogP contribution in [-0.4, -0.2) is 58.6 Å². The van der Waals surface area contributed by atoms with Crippen molar-refractivity contribution in [3.8, 4) is 0 Å². The number of morpholine rings is 1. The molecule has 0 aliphatic carbocycles. The molecule has 2 saturated heterocycles. The zero-order valence-corrected chi connectivity index (χ0v) is 22.2. The molecular formula is C29H32N8O3. The molecule has 4 heterocycles. The number of benzene rings is 2. The minimum absolute atomic E-state index is 0.174. The maximum absolute atomic E-state index is 11.8. The third-order valence-electron chi connectivity index (χ3n) is 6.96. The SMILES string of the molecule is C=CC(=O)Nc1cccc(Nc2nc(Nc3ccc(N4CCOCC4)cc3)nc3c2cnn3C2CCCCO2)c1. The summed E-state index contributed by atoms with van der Waals surface area (Å²) >= 11 is 0. The number of nitrogens with one attached hydrogen (secondary N) is 3. The van der Waals surface area contributed by atoms with E-state index in [4.69, 9.17) is 19.4 Å². The monoisotopic (exact) mass is 540 g/mol. The highest BCUT2D eigenvalue weighted by molar-refractivity contribution is 5.99. The summed E-state index contributed by atoms with van der Waals surface area (Å²) in [5, 5.41) is 14.9. The quantitative estimate of drug-likeness (QED) is 0.266. The van der Waals surface area contributed by atoms with Gasteiger partial charge in [0.15, 0.2) is 11.9 Å². The number of ether oxygens (including phenoxy) is 2. The number of carbonyl (C=O) groups excluding carboxylic acids is 1. The molecule has 0 saturated carbocycles. The number of carbonyl (C=O) groups is 1. The van der Waals surface area contributed by atoms with Gasteiger partial charge < -0.3 is 30.3 Å². The Morgan fingerprint density at radius 3 is 2.58 bits per heavy atom. The van der Waals surface area contributed by atoms with Crippen molar-refractivity contribution in [1.29, 1.82) is 0 Å². The lowest BCUT2D eigenvalue weighted by Gasteiger charge is -2.28. The van der Waals surface area contributed by atoms with Crippen LogP contribution in [0, 0.1) is 0 Å². The van der Waals surface area contributed by atoms with Crippen molar-refractivity contribution in [3.05, 3.63) is 67.4 Å². The number of nitrogens with zero attached hydrogens (tertiary/aromatic N) is 5. The summed E-state index contributed by atoms with van der Waals surface area (Å²) in [6.07, 6.45) is 5.82. The molecule has 1 atom stereocenters. The molecule has 2 aromatic heterocycles. The fourth-order valence-corrected chi connectivity index (χ4v) is 4.92. The van der Waals surface area contributed by atoms with Crippen LogP contribution in [0.3, 0.4) is 0 Å². The minimum Gasteiger partial charge on any atom is -0.378 e. The van der Waals surface area contributed by atoms with E-state index in [0.717, 1.165) is 68.0 Å². The van der Waals surface area contributed by atoms with Crippen LogP contribution in [-0.2, 0) is 14.3 Å². The van der Waals surface area contributed by atoms with Gasteiger partial charge in [0.1, 0.15) is 5.82 Å². The highest BCUT2D eigenvalue weighted by Gasteiger charge is 2.22. The van der Waals surface area contributed by atoms with E-state index in [1.807, 2.05) is 41.1 Å². The second-order valence-electron chi connectivity index (χ2n) is 9.71. The van der Waals surface area contributed by atoms with Gasteiger partial charge in [-0.15, -0.1) is 0 Å². The van der Waals surface area contributed by atoms with E-state index in [9.17, 15) is 4.79 Å². The lowest BCUT2D eigenvalue weighted by atomic mass is 10.2. The summed E-state index contributed by atoms with van der Waals surface area (Å²) in [5.41, 5.74) is 4.10. The predicted octanol–water partition coefficient (Wildman–Crippen LogP) is 4.97. The van der Waals surface area contributed by atoms with Crippen molar-refractivity contribution in [1.82, 2.24) is 19.7 Å². The summed E-state index contributed by atoms with van der Waals surface area (Å²) in [4.78, 5) is 23.8. The molecule has 4 aromatic rings. The molecule has 0 bridgehead atoms. The fourth-order valence-electron chi connectivity index (χ4n) is 4.92. The second kappa shape index (κ2) is 11.7. The van der Waals surface area contributed by atoms with Crippen molar-refractivity contribution in [3.63, 3.8) is 0 Å². The van der Waals surface area contributed by atoms with Crippen molar-refractivity contribution < 1.29 is 14.3 Å². The maximum Gasteiger partial charge on any atom is 0.247 e. The van der Waals surface area contributed by atoms with Crippen LogP contribution in [0.5, 0.6) is 0 Å². The minimum atomic E-state index is -0.276. The Labute approximate surface area is 232 Å². The topological polar surface area (TPSA) is 118 Å². The maximum atomic E-state index is 11.8. The van der Waals surface area contributed by atoms with E-state index in [-0.39, 0.29) is 12.1 Å². The standard InChI is InChI=1S/C29H32N8O3/c1-2-25(38)31-21-6-5-7-22(18-21)32-27-24-19-30-37(26-8-3-4-15-40-26)28(24)35-29(34-27)33-20-9-11-23(12-10-20)36-13-16-39-17-14-36/h2,5-7,9-12,18-19,26H,1,3-4,8,13-17H2,(H,31,38)(H2,32,33,34,35). The van der Waals surface area contributed by atoms with E-state index in [1.165, 1.54) is 6.08 Å². The summed E-state index contributed by atoms with van der Waals surface area (Å²) in [6, 6.07) is 15.6. The molecule has 206 valence electrons. The molecule has 2 fully saturated rings. The summed E-state index contributed by atoms with van der Waals surface area (Å²) in [6.45, 7) is 7.46. The first kappa shape index (κ1) is 25.8. The summed E-state index contributed by atoms with van der Waals surface area (Å²) in [7, 11) is 0. The van der Waals surface area contributed by atoms with E-state index in [2.05, 4.69) is 44.7 Å². The average molecular weight is 541 g/mol. The summed E-state index contributed by atoms with van der Waals surface area (Å²) < 4.78 is 13.3. The smallest absolute Gasteiger partial charge is 0.247 e. The molecule has 40 heavy (non-hydrogen) atoms. The van der Waals surface area contributed by atoms with Crippen LogP contribution < -0.4 is 20.9 Å². The number of anilines is 6. The van der Waals surface area contributed by atoms with Gasteiger partial charge in [-0.25, -0.2) is 4.68 Å². The van der Waals surface area contributed by atoms with Gasteiger partial charge in [-0.3, -0.25) is 4.79 Å². The van der Waals surface area contributed by atoms with Crippen molar-refractivity contribution >= 4 is 51.5 Å². The number of amides is 1. The molecule has 3 N–H and O–H groups in total. The number of aromatic nitrogens is 4. The highest BCUT2D eigenvalue weighted by atomic mass is 16.5. The third-order valence-corrected chi connectivity index (χ3v) is 6.96.